The van der Waals surface area contributed by atoms with Gasteiger partial charge in [0, 0.05) is 26.2 Å². The van der Waals surface area contributed by atoms with Crippen LogP contribution in [-0.4, -0.2) is 37.6 Å². The molecule has 2 N–H and O–H groups in total. The Labute approximate surface area is 139 Å². The van der Waals surface area contributed by atoms with Gasteiger partial charge in [-0.05, 0) is 24.3 Å². The van der Waals surface area contributed by atoms with E-state index in [9.17, 15) is 4.79 Å². The number of benzene rings is 1. The van der Waals surface area contributed by atoms with Crippen molar-refractivity contribution in [2.24, 2.45) is 17.6 Å². The normalized spacial score (nSPS) is 16.5. The van der Waals surface area contributed by atoms with Crippen LogP contribution in [0.15, 0.2) is 30.3 Å². The molecule has 2 atom stereocenters. The number of carbonyl (C=O) groups is 1. The van der Waals surface area contributed by atoms with Gasteiger partial charge < -0.3 is 15.4 Å². The van der Waals surface area contributed by atoms with Crippen molar-refractivity contribution in [1.82, 2.24) is 4.90 Å². The topological polar surface area (TPSA) is 55.6 Å². The number of nitrogens with zero attached hydrogens (tertiary/aromatic N) is 1. The molecule has 1 amide bonds. The van der Waals surface area contributed by atoms with Crippen molar-refractivity contribution < 1.29 is 9.53 Å². The van der Waals surface area contributed by atoms with E-state index in [0.717, 1.165) is 18.1 Å². The van der Waals surface area contributed by atoms with Crippen LogP contribution in [0.4, 0.5) is 0 Å². The highest BCUT2D eigenvalue weighted by molar-refractivity contribution is 5.85. The Morgan fingerprint density at radius 3 is 2.59 bits per heavy atom. The summed E-state index contributed by atoms with van der Waals surface area (Å²) in [6, 6.07) is 9.50. The van der Waals surface area contributed by atoms with E-state index >= 15 is 0 Å². The lowest BCUT2D eigenvalue weighted by Gasteiger charge is -2.25. The Balaban J connectivity index is 0.00000242. The Bertz CT molecular complexity index is 451. The molecular weight excluding hydrogens is 300 g/mol. The summed E-state index contributed by atoms with van der Waals surface area (Å²) in [6.07, 6.45) is 2.58. The van der Waals surface area contributed by atoms with E-state index in [0.29, 0.717) is 13.2 Å². The van der Waals surface area contributed by atoms with Crippen LogP contribution < -0.4 is 5.73 Å². The van der Waals surface area contributed by atoms with Crippen LogP contribution in [0.3, 0.4) is 0 Å². The molecule has 0 aliphatic heterocycles. The Kier molecular flexibility index (Phi) is 7.87. The van der Waals surface area contributed by atoms with E-state index in [1.165, 1.54) is 12.8 Å². The summed E-state index contributed by atoms with van der Waals surface area (Å²) < 4.78 is 5.58. The van der Waals surface area contributed by atoms with E-state index in [4.69, 9.17) is 10.5 Å². The second kappa shape index (κ2) is 9.13. The maximum absolute atomic E-state index is 12.4. The lowest BCUT2D eigenvalue weighted by molar-refractivity contribution is -0.135. The number of halogens is 1. The fourth-order valence-electron chi connectivity index (χ4n) is 2.31. The molecule has 1 aromatic rings. The number of ether oxygens (including phenoxy) is 1. The molecule has 1 saturated carbocycles. The molecule has 2 rings (SSSR count). The lowest BCUT2D eigenvalue weighted by atomic mass is 9.94. The Morgan fingerprint density at radius 1 is 1.36 bits per heavy atom. The third-order valence-corrected chi connectivity index (χ3v) is 4.11. The quantitative estimate of drug-likeness (QED) is 0.747. The predicted molar refractivity (Wildman–Crippen MR) is 91.0 cm³/mol. The zero-order chi connectivity index (χ0) is 15.2. The molecule has 2 unspecified atom stereocenters. The van der Waals surface area contributed by atoms with Crippen LogP contribution in [0.1, 0.15) is 31.4 Å². The fourth-order valence-corrected chi connectivity index (χ4v) is 2.31. The smallest absolute Gasteiger partial charge is 0.227 e. The molecule has 4 nitrogen and oxygen atoms in total. The van der Waals surface area contributed by atoms with Gasteiger partial charge in [-0.1, -0.05) is 37.3 Å². The van der Waals surface area contributed by atoms with Crippen molar-refractivity contribution in [2.75, 3.05) is 26.8 Å². The summed E-state index contributed by atoms with van der Waals surface area (Å²) >= 11 is 0. The van der Waals surface area contributed by atoms with Crippen LogP contribution in [-0.2, 0) is 9.53 Å². The number of hydrogen-bond acceptors (Lipinski definition) is 3. The zero-order valence-corrected chi connectivity index (χ0v) is 14.2. The first-order valence-electron chi connectivity index (χ1n) is 7.73. The fraction of sp³-hybridized carbons (Fsp3) is 0.588. The molecule has 22 heavy (non-hydrogen) atoms. The van der Waals surface area contributed by atoms with Gasteiger partial charge in [0.15, 0.2) is 0 Å². The van der Waals surface area contributed by atoms with Crippen molar-refractivity contribution in [3.8, 4) is 0 Å². The van der Waals surface area contributed by atoms with Crippen LogP contribution >= 0.6 is 12.4 Å². The molecule has 0 bridgehead atoms. The number of carbonyl (C=O) groups excluding carboxylic acids is 1. The van der Waals surface area contributed by atoms with Gasteiger partial charge in [-0.25, -0.2) is 0 Å². The van der Waals surface area contributed by atoms with Gasteiger partial charge in [0.25, 0.3) is 0 Å². The second-order valence-electron chi connectivity index (χ2n) is 6.00. The Morgan fingerprint density at radius 2 is 2.00 bits per heavy atom. The number of nitrogens with two attached hydrogens (primary N) is 1. The summed E-state index contributed by atoms with van der Waals surface area (Å²) in [5, 5.41) is 0. The average Bonchev–Trinajstić information content (AvgIpc) is 3.34. The summed E-state index contributed by atoms with van der Waals surface area (Å²) in [4.78, 5) is 14.1. The van der Waals surface area contributed by atoms with Crippen molar-refractivity contribution in [2.45, 2.75) is 25.8 Å². The molecular formula is C17H27ClN2O2. The highest BCUT2D eigenvalue weighted by atomic mass is 35.5. The third-order valence-electron chi connectivity index (χ3n) is 4.11. The number of rotatable bonds is 8. The summed E-state index contributed by atoms with van der Waals surface area (Å²) in [7, 11) is 1.82. The van der Waals surface area contributed by atoms with Gasteiger partial charge in [-0.2, -0.15) is 0 Å². The van der Waals surface area contributed by atoms with Crippen LogP contribution in [0.5, 0.6) is 0 Å². The van der Waals surface area contributed by atoms with Crippen molar-refractivity contribution in [3.05, 3.63) is 35.9 Å². The molecule has 0 aromatic heterocycles. The highest BCUT2D eigenvalue weighted by Gasteiger charge is 2.25. The van der Waals surface area contributed by atoms with Crippen molar-refractivity contribution in [3.63, 3.8) is 0 Å². The van der Waals surface area contributed by atoms with E-state index < -0.39 is 0 Å². The minimum Gasteiger partial charge on any atom is -0.379 e. The molecule has 1 aromatic carbocycles. The maximum atomic E-state index is 12.4. The molecule has 1 fully saturated rings. The van der Waals surface area contributed by atoms with Crippen molar-refractivity contribution in [1.29, 1.82) is 0 Å². The summed E-state index contributed by atoms with van der Waals surface area (Å²) in [6.45, 7) is 3.95. The number of likely N-dealkylation sites (N-methyl/N-ethyl adjacent to an activating group) is 1. The molecule has 5 heteroatoms. The molecule has 124 valence electrons. The summed E-state index contributed by atoms with van der Waals surface area (Å²) in [5.74, 6) is 0.596. The van der Waals surface area contributed by atoms with E-state index in [1.54, 1.807) is 4.90 Å². The first kappa shape index (κ1) is 18.9. The minimum atomic E-state index is -0.270. The van der Waals surface area contributed by atoms with Gasteiger partial charge in [0.1, 0.15) is 0 Å². The zero-order valence-electron chi connectivity index (χ0n) is 13.4. The second-order valence-corrected chi connectivity index (χ2v) is 6.00. The van der Waals surface area contributed by atoms with Gasteiger partial charge in [-0.15, -0.1) is 12.4 Å². The monoisotopic (exact) mass is 326 g/mol. The Hall–Kier alpha value is -1.10. The molecule has 0 radical (unpaired) electrons. The number of amides is 1. The largest absolute Gasteiger partial charge is 0.379 e. The van der Waals surface area contributed by atoms with Crippen molar-refractivity contribution >= 4 is 18.3 Å². The SMILES string of the molecule is CC(C(=O)N(C)CCOCC1CC1)C(N)c1ccccc1.Cl. The molecule has 1 aliphatic rings. The predicted octanol–water partition coefficient (Wildman–Crippen LogP) is 2.63. The van der Waals surface area contributed by atoms with Crippen LogP contribution in [0, 0.1) is 11.8 Å². The van der Waals surface area contributed by atoms with Crippen LogP contribution in [0.25, 0.3) is 0 Å². The molecule has 0 heterocycles. The van der Waals surface area contributed by atoms with E-state index in [2.05, 4.69) is 0 Å². The molecule has 1 aliphatic carbocycles. The van der Waals surface area contributed by atoms with Crippen LogP contribution in [0.2, 0.25) is 0 Å². The van der Waals surface area contributed by atoms with E-state index in [1.807, 2.05) is 44.3 Å². The van der Waals surface area contributed by atoms with Gasteiger partial charge >= 0.3 is 0 Å². The molecule has 0 saturated heterocycles. The van der Waals surface area contributed by atoms with E-state index in [-0.39, 0.29) is 30.3 Å². The molecule has 0 spiro atoms. The standard InChI is InChI=1S/C17H26N2O2.ClH/c1-13(16(18)15-6-4-3-5-7-15)17(20)19(2)10-11-21-12-14-8-9-14;/h3-7,13-14,16H,8-12,18H2,1-2H3;1H. The average molecular weight is 327 g/mol. The van der Waals surface area contributed by atoms with Gasteiger partial charge in [0.2, 0.25) is 5.91 Å². The third kappa shape index (κ3) is 5.59. The highest BCUT2D eigenvalue weighted by Crippen LogP contribution is 2.28. The first-order chi connectivity index (χ1) is 10.1. The van der Waals surface area contributed by atoms with Gasteiger partial charge in [-0.3, -0.25) is 4.79 Å². The first-order valence-corrected chi connectivity index (χ1v) is 7.73. The van der Waals surface area contributed by atoms with Gasteiger partial charge in [0.05, 0.1) is 12.5 Å². The number of hydrogen-bond donors (Lipinski definition) is 1. The minimum absolute atomic E-state index is 0. The lowest BCUT2D eigenvalue weighted by Crippen LogP contribution is -2.38. The summed E-state index contributed by atoms with van der Waals surface area (Å²) in [5.41, 5.74) is 7.20. The maximum Gasteiger partial charge on any atom is 0.227 e.